The summed E-state index contributed by atoms with van der Waals surface area (Å²) in [4.78, 5) is 3.11. The molecule has 2 aromatic rings. The Kier molecular flexibility index (Phi) is 3.33. The minimum Gasteiger partial charge on any atom is -0.494 e. The lowest BCUT2D eigenvalue weighted by atomic mass is 10.2. The Bertz CT molecular complexity index is 805. The first kappa shape index (κ1) is 13.6. The summed E-state index contributed by atoms with van der Waals surface area (Å²) >= 11 is 5.33. The number of nitrogens with zero attached hydrogens (tertiary/aromatic N) is 1. The highest BCUT2D eigenvalue weighted by Gasteiger charge is 2.32. The Morgan fingerprint density at radius 3 is 2.95 bits per heavy atom. The van der Waals surface area contributed by atoms with Crippen LogP contribution < -0.4 is 4.74 Å². The topological polar surface area (TPSA) is 64.1 Å². The number of sulfone groups is 1. The molecule has 1 aromatic carbocycles. The number of ether oxygens (including phenoxy) is 1. The molecule has 20 heavy (non-hydrogen) atoms. The van der Waals surface area contributed by atoms with Crippen molar-refractivity contribution in [2.45, 2.75) is 24.6 Å². The minimum absolute atomic E-state index is 0.288. The molecule has 0 aliphatic carbocycles. The van der Waals surface area contributed by atoms with Crippen molar-refractivity contribution in [2.75, 3.05) is 12.9 Å². The van der Waals surface area contributed by atoms with E-state index in [4.69, 9.17) is 17.0 Å². The van der Waals surface area contributed by atoms with E-state index in [1.54, 1.807) is 7.11 Å². The molecule has 0 spiro atoms. The Morgan fingerprint density at radius 1 is 1.50 bits per heavy atom. The molecule has 7 heteroatoms. The van der Waals surface area contributed by atoms with Crippen LogP contribution in [0.15, 0.2) is 18.2 Å². The van der Waals surface area contributed by atoms with Crippen molar-refractivity contribution in [3.8, 4) is 5.75 Å². The number of aromatic nitrogens is 2. The normalized spacial score (nSPS) is 21.4. The monoisotopic (exact) mass is 312 g/mol. The van der Waals surface area contributed by atoms with Crippen LogP contribution in [-0.2, 0) is 16.4 Å². The Hall–Kier alpha value is -1.34. The second kappa shape index (κ2) is 4.89. The van der Waals surface area contributed by atoms with Crippen LogP contribution in [0.1, 0.15) is 12.8 Å². The highest BCUT2D eigenvalue weighted by molar-refractivity contribution is 7.92. The first-order valence-corrected chi connectivity index (χ1v) is 8.62. The van der Waals surface area contributed by atoms with E-state index in [1.807, 2.05) is 22.8 Å². The van der Waals surface area contributed by atoms with Crippen LogP contribution in [0.4, 0.5) is 0 Å². The smallest absolute Gasteiger partial charge is 0.178 e. The molecule has 2 heterocycles. The maximum absolute atomic E-state index is 12.0. The van der Waals surface area contributed by atoms with Crippen molar-refractivity contribution >= 4 is 33.1 Å². The van der Waals surface area contributed by atoms with Gasteiger partial charge in [0.25, 0.3) is 0 Å². The van der Waals surface area contributed by atoms with Gasteiger partial charge in [0.2, 0.25) is 0 Å². The van der Waals surface area contributed by atoms with Crippen molar-refractivity contribution in [3.05, 3.63) is 23.0 Å². The third-order valence-corrected chi connectivity index (χ3v) is 6.42. The summed E-state index contributed by atoms with van der Waals surface area (Å²) in [6, 6.07) is 5.65. The zero-order chi connectivity index (χ0) is 14.3. The van der Waals surface area contributed by atoms with Gasteiger partial charge in [0.05, 0.1) is 23.6 Å². The van der Waals surface area contributed by atoms with Crippen molar-refractivity contribution in [1.29, 1.82) is 0 Å². The third kappa shape index (κ3) is 2.14. The van der Waals surface area contributed by atoms with Gasteiger partial charge in [-0.3, -0.25) is 0 Å². The molecule has 5 nitrogen and oxygen atoms in total. The molecule has 1 aliphatic heterocycles. The number of hydrogen-bond donors (Lipinski definition) is 1. The summed E-state index contributed by atoms with van der Waals surface area (Å²) in [5, 5.41) is -0.334. The van der Waals surface area contributed by atoms with E-state index in [9.17, 15) is 8.42 Å². The maximum Gasteiger partial charge on any atom is 0.178 e. The van der Waals surface area contributed by atoms with E-state index in [0.29, 0.717) is 23.5 Å². The maximum atomic E-state index is 12.0. The molecular weight excluding hydrogens is 296 g/mol. The highest BCUT2D eigenvalue weighted by Crippen LogP contribution is 2.27. The van der Waals surface area contributed by atoms with Crippen LogP contribution in [0.25, 0.3) is 11.0 Å². The van der Waals surface area contributed by atoms with Gasteiger partial charge < -0.3 is 14.3 Å². The number of fused-ring (bicyclic) bond motifs is 1. The SMILES string of the molecule is COc1cccc2c1[nH]c(=S)n2CC1CCCS1(=O)=O. The van der Waals surface area contributed by atoms with Gasteiger partial charge in [0.1, 0.15) is 11.3 Å². The fraction of sp³-hybridized carbons (Fsp3) is 0.462. The molecular formula is C13H16N2O3S2. The van der Waals surface area contributed by atoms with Gasteiger partial charge in [-0.1, -0.05) is 6.07 Å². The number of aromatic amines is 1. The molecule has 0 saturated carbocycles. The average molecular weight is 312 g/mol. The van der Waals surface area contributed by atoms with E-state index in [2.05, 4.69) is 4.98 Å². The molecule has 0 amide bonds. The van der Waals surface area contributed by atoms with E-state index >= 15 is 0 Å². The first-order chi connectivity index (χ1) is 9.53. The van der Waals surface area contributed by atoms with Crippen molar-refractivity contribution in [2.24, 2.45) is 0 Å². The molecule has 0 radical (unpaired) electrons. The first-order valence-electron chi connectivity index (χ1n) is 6.50. The van der Waals surface area contributed by atoms with Gasteiger partial charge in [-0.25, -0.2) is 8.42 Å². The molecule has 3 rings (SSSR count). The number of rotatable bonds is 3. The number of nitrogens with one attached hydrogen (secondary N) is 1. The number of benzene rings is 1. The number of H-pyrrole nitrogens is 1. The molecule has 0 bridgehead atoms. The molecule has 108 valence electrons. The van der Waals surface area contributed by atoms with Gasteiger partial charge in [0.15, 0.2) is 14.6 Å². The average Bonchev–Trinajstić information content (AvgIpc) is 2.91. The van der Waals surface area contributed by atoms with Gasteiger partial charge in [-0.2, -0.15) is 0 Å². The Morgan fingerprint density at radius 2 is 2.30 bits per heavy atom. The van der Waals surface area contributed by atoms with Crippen LogP contribution in [-0.4, -0.2) is 36.1 Å². The van der Waals surface area contributed by atoms with Gasteiger partial charge in [-0.15, -0.1) is 0 Å². The minimum atomic E-state index is -2.98. The molecule has 1 fully saturated rings. The van der Waals surface area contributed by atoms with Crippen molar-refractivity contribution in [3.63, 3.8) is 0 Å². The van der Waals surface area contributed by atoms with Gasteiger partial charge in [0, 0.05) is 6.54 Å². The third-order valence-electron chi connectivity index (χ3n) is 3.84. The molecule has 1 N–H and O–H groups in total. The van der Waals surface area contributed by atoms with E-state index in [0.717, 1.165) is 17.5 Å². The van der Waals surface area contributed by atoms with E-state index in [-0.39, 0.29) is 11.0 Å². The van der Waals surface area contributed by atoms with Crippen LogP contribution >= 0.6 is 12.2 Å². The van der Waals surface area contributed by atoms with Crippen molar-refractivity contribution in [1.82, 2.24) is 9.55 Å². The summed E-state index contributed by atoms with van der Waals surface area (Å²) < 4.78 is 31.6. The fourth-order valence-electron chi connectivity index (χ4n) is 2.77. The number of hydrogen-bond acceptors (Lipinski definition) is 4. The van der Waals surface area contributed by atoms with Crippen LogP contribution in [0.3, 0.4) is 0 Å². The second-order valence-electron chi connectivity index (χ2n) is 5.03. The quantitative estimate of drug-likeness (QED) is 0.883. The van der Waals surface area contributed by atoms with Gasteiger partial charge in [-0.05, 0) is 37.2 Å². The van der Waals surface area contributed by atoms with Gasteiger partial charge >= 0.3 is 0 Å². The van der Waals surface area contributed by atoms with Crippen LogP contribution in [0.2, 0.25) is 0 Å². The fourth-order valence-corrected chi connectivity index (χ4v) is 4.85. The zero-order valence-corrected chi connectivity index (χ0v) is 12.8. The molecule has 1 saturated heterocycles. The number of methoxy groups -OCH3 is 1. The Balaban J connectivity index is 2.08. The summed E-state index contributed by atoms with van der Waals surface area (Å²) in [5.74, 6) is 0.998. The molecule has 1 atom stereocenters. The van der Waals surface area contributed by atoms with Crippen molar-refractivity contribution < 1.29 is 13.2 Å². The molecule has 1 unspecified atom stereocenters. The second-order valence-corrected chi connectivity index (χ2v) is 7.81. The lowest BCUT2D eigenvalue weighted by Gasteiger charge is -2.11. The molecule has 1 aromatic heterocycles. The summed E-state index contributed by atoms with van der Waals surface area (Å²) in [6.45, 7) is 0.411. The highest BCUT2D eigenvalue weighted by atomic mass is 32.2. The Labute approximate surface area is 122 Å². The van der Waals surface area contributed by atoms with E-state index < -0.39 is 9.84 Å². The van der Waals surface area contributed by atoms with E-state index in [1.165, 1.54) is 0 Å². The molecule has 1 aliphatic rings. The van der Waals surface area contributed by atoms with Crippen LogP contribution in [0.5, 0.6) is 5.75 Å². The largest absolute Gasteiger partial charge is 0.494 e. The standard InChI is InChI=1S/C13H16N2O3S2/c1-18-11-6-2-5-10-12(11)14-13(19)15(10)8-9-4-3-7-20(9,16)17/h2,5-6,9H,3-4,7-8H2,1H3,(H,14,19). The summed E-state index contributed by atoms with van der Waals surface area (Å²) in [5.41, 5.74) is 1.70. The summed E-state index contributed by atoms with van der Waals surface area (Å²) in [7, 11) is -1.37. The predicted molar refractivity (Wildman–Crippen MR) is 80.5 cm³/mol. The zero-order valence-electron chi connectivity index (χ0n) is 11.1. The summed E-state index contributed by atoms with van der Waals surface area (Å²) in [6.07, 6.45) is 1.45. The van der Waals surface area contributed by atoms with Crippen LogP contribution in [0, 0.1) is 4.77 Å². The number of para-hydroxylation sites is 1. The lowest BCUT2D eigenvalue weighted by molar-refractivity contribution is 0.419. The predicted octanol–water partition coefficient (Wildman–Crippen LogP) is 2.28. The lowest BCUT2D eigenvalue weighted by Crippen LogP contribution is -2.22. The number of imidazole rings is 1.